The number of H-pyrrole nitrogens is 1. The molecular weight excluding hydrogens is 395 g/mol. The van der Waals surface area contributed by atoms with Crippen molar-refractivity contribution in [1.82, 2.24) is 4.98 Å². The third-order valence-electron chi connectivity index (χ3n) is 5.84. The number of aromatic amines is 1. The summed E-state index contributed by atoms with van der Waals surface area (Å²) in [4.78, 5) is 14.6. The predicted molar refractivity (Wildman–Crippen MR) is 115 cm³/mol. The van der Waals surface area contributed by atoms with E-state index >= 15 is 0 Å². The summed E-state index contributed by atoms with van der Waals surface area (Å²) in [5.74, 6) is 0.618. The number of nitrogens with two attached hydrogens (primary N) is 1. The van der Waals surface area contributed by atoms with Gasteiger partial charge in [0.25, 0.3) is 5.56 Å². The van der Waals surface area contributed by atoms with Crippen LogP contribution < -0.4 is 16.0 Å². The minimum absolute atomic E-state index is 0.0643. The van der Waals surface area contributed by atoms with Crippen LogP contribution in [0.2, 0.25) is 10.0 Å². The zero-order valence-corrected chi connectivity index (χ0v) is 16.9. The van der Waals surface area contributed by atoms with Crippen molar-refractivity contribution < 1.29 is 4.74 Å². The predicted octanol–water partition coefficient (Wildman–Crippen LogP) is 5.05. The lowest BCUT2D eigenvalue weighted by atomic mass is 9.69. The van der Waals surface area contributed by atoms with E-state index in [-0.39, 0.29) is 17.1 Å². The summed E-state index contributed by atoms with van der Waals surface area (Å²) < 4.78 is 6.22. The summed E-state index contributed by atoms with van der Waals surface area (Å²) in [5, 5.41) is 2.57. The molecule has 0 spiro atoms. The van der Waals surface area contributed by atoms with Gasteiger partial charge < -0.3 is 15.5 Å². The van der Waals surface area contributed by atoms with Gasteiger partial charge in [-0.1, -0.05) is 35.3 Å². The Labute approximate surface area is 173 Å². The Balaban J connectivity index is 1.52. The summed E-state index contributed by atoms with van der Waals surface area (Å²) in [7, 11) is 0. The van der Waals surface area contributed by atoms with Gasteiger partial charge in [0.05, 0.1) is 11.1 Å². The molecule has 4 nitrogen and oxygen atoms in total. The first-order valence-corrected chi connectivity index (χ1v) is 10.2. The van der Waals surface area contributed by atoms with Gasteiger partial charge in [-0.25, -0.2) is 0 Å². The van der Waals surface area contributed by atoms with Crippen LogP contribution in [0.5, 0.6) is 5.75 Å². The minimum Gasteiger partial charge on any atom is -0.489 e. The normalized spacial score (nSPS) is 22.3. The lowest BCUT2D eigenvalue weighted by molar-refractivity contribution is 0.118. The molecule has 0 aliphatic heterocycles. The Bertz CT molecular complexity index is 1060. The number of halogens is 2. The molecule has 1 heterocycles. The summed E-state index contributed by atoms with van der Waals surface area (Å²) in [6, 6.07) is 13.4. The Morgan fingerprint density at radius 1 is 1.14 bits per heavy atom. The SMILES string of the molecule is NCC1(c2cccc(Cl)c2)CCC(Oc2cc3cc[nH]c(=O)c3cc2Cl)CC1. The van der Waals surface area contributed by atoms with Crippen LogP contribution in [0.1, 0.15) is 31.2 Å². The largest absolute Gasteiger partial charge is 0.489 e. The second-order valence-electron chi connectivity index (χ2n) is 7.49. The fraction of sp³-hybridized carbons (Fsp3) is 0.318. The monoisotopic (exact) mass is 416 g/mol. The quantitative estimate of drug-likeness (QED) is 0.624. The van der Waals surface area contributed by atoms with E-state index in [1.54, 1.807) is 12.3 Å². The van der Waals surface area contributed by atoms with Crippen LogP contribution in [-0.2, 0) is 5.41 Å². The number of benzene rings is 2. The van der Waals surface area contributed by atoms with Gasteiger partial charge in [-0.3, -0.25) is 4.79 Å². The van der Waals surface area contributed by atoms with E-state index in [9.17, 15) is 4.79 Å². The summed E-state index contributed by atoms with van der Waals surface area (Å²) in [6.45, 7) is 0.583. The van der Waals surface area contributed by atoms with Crippen LogP contribution in [-0.4, -0.2) is 17.6 Å². The van der Waals surface area contributed by atoms with Crippen molar-refractivity contribution in [1.29, 1.82) is 0 Å². The topological polar surface area (TPSA) is 68.1 Å². The maximum absolute atomic E-state index is 11.9. The highest BCUT2D eigenvalue weighted by Crippen LogP contribution is 2.41. The van der Waals surface area contributed by atoms with Gasteiger partial charge in [0.15, 0.2) is 0 Å². The molecule has 1 fully saturated rings. The van der Waals surface area contributed by atoms with Gasteiger partial charge in [0, 0.05) is 28.6 Å². The van der Waals surface area contributed by atoms with E-state index in [0.29, 0.717) is 22.7 Å². The van der Waals surface area contributed by atoms with E-state index in [0.717, 1.165) is 36.1 Å². The Hall–Kier alpha value is -2.01. The van der Waals surface area contributed by atoms with Crippen molar-refractivity contribution in [3.63, 3.8) is 0 Å². The van der Waals surface area contributed by atoms with Crippen molar-refractivity contribution in [2.75, 3.05) is 6.54 Å². The van der Waals surface area contributed by atoms with Gasteiger partial charge >= 0.3 is 0 Å². The number of nitrogens with one attached hydrogen (secondary N) is 1. The number of ether oxygens (including phenoxy) is 1. The third-order valence-corrected chi connectivity index (χ3v) is 6.37. The number of pyridine rings is 1. The van der Waals surface area contributed by atoms with E-state index in [2.05, 4.69) is 11.1 Å². The Morgan fingerprint density at radius 3 is 2.64 bits per heavy atom. The summed E-state index contributed by atoms with van der Waals surface area (Å²) >= 11 is 12.6. The van der Waals surface area contributed by atoms with Crippen LogP contribution in [0.25, 0.3) is 10.8 Å². The van der Waals surface area contributed by atoms with E-state index in [1.165, 1.54) is 5.56 Å². The molecule has 1 aliphatic rings. The van der Waals surface area contributed by atoms with Crippen LogP contribution >= 0.6 is 23.2 Å². The van der Waals surface area contributed by atoms with E-state index in [1.807, 2.05) is 30.3 Å². The number of fused-ring (bicyclic) bond motifs is 1. The zero-order chi connectivity index (χ0) is 19.7. The fourth-order valence-electron chi connectivity index (χ4n) is 4.15. The highest BCUT2D eigenvalue weighted by atomic mass is 35.5. The Kier molecular flexibility index (Phi) is 5.37. The van der Waals surface area contributed by atoms with Gasteiger partial charge in [0.2, 0.25) is 0 Å². The van der Waals surface area contributed by atoms with Gasteiger partial charge in [-0.15, -0.1) is 0 Å². The van der Waals surface area contributed by atoms with Gasteiger partial charge in [0.1, 0.15) is 5.75 Å². The molecule has 3 N–H and O–H groups in total. The number of hydrogen-bond donors (Lipinski definition) is 2. The summed E-state index contributed by atoms with van der Waals surface area (Å²) in [5.41, 5.74) is 7.16. The molecule has 3 aromatic rings. The molecule has 2 aromatic carbocycles. The molecule has 0 unspecified atom stereocenters. The van der Waals surface area contributed by atoms with Crippen molar-refractivity contribution in [2.24, 2.45) is 5.73 Å². The fourth-order valence-corrected chi connectivity index (χ4v) is 4.55. The molecule has 0 amide bonds. The molecule has 0 saturated heterocycles. The molecule has 146 valence electrons. The zero-order valence-electron chi connectivity index (χ0n) is 15.4. The summed E-state index contributed by atoms with van der Waals surface area (Å²) in [6.07, 6.45) is 5.32. The molecule has 0 radical (unpaired) electrons. The molecule has 1 aliphatic carbocycles. The first kappa shape index (κ1) is 19.3. The van der Waals surface area contributed by atoms with E-state index in [4.69, 9.17) is 33.7 Å². The lowest BCUT2D eigenvalue weighted by Gasteiger charge is -2.40. The molecule has 1 saturated carbocycles. The van der Waals surface area contributed by atoms with Gasteiger partial charge in [-0.2, -0.15) is 0 Å². The molecule has 0 atom stereocenters. The average molecular weight is 417 g/mol. The first-order valence-electron chi connectivity index (χ1n) is 9.44. The molecule has 6 heteroatoms. The maximum Gasteiger partial charge on any atom is 0.255 e. The highest BCUT2D eigenvalue weighted by Gasteiger charge is 2.36. The Morgan fingerprint density at radius 2 is 1.93 bits per heavy atom. The molecule has 28 heavy (non-hydrogen) atoms. The third kappa shape index (κ3) is 3.64. The molecular formula is C22H22Cl2N2O2. The van der Waals surface area contributed by atoms with Gasteiger partial charge in [-0.05, 0) is 67.0 Å². The second kappa shape index (κ2) is 7.78. The molecule has 1 aromatic heterocycles. The lowest BCUT2D eigenvalue weighted by Crippen LogP contribution is -2.41. The first-order chi connectivity index (χ1) is 13.5. The maximum atomic E-state index is 11.9. The van der Waals surface area contributed by atoms with E-state index < -0.39 is 0 Å². The average Bonchev–Trinajstić information content (AvgIpc) is 2.70. The number of hydrogen-bond acceptors (Lipinski definition) is 3. The number of aromatic nitrogens is 1. The van der Waals surface area contributed by atoms with Crippen molar-refractivity contribution in [3.05, 3.63) is 74.6 Å². The van der Waals surface area contributed by atoms with Crippen molar-refractivity contribution >= 4 is 34.0 Å². The van der Waals surface area contributed by atoms with Crippen molar-refractivity contribution in [2.45, 2.75) is 37.2 Å². The number of rotatable bonds is 4. The minimum atomic E-state index is -0.155. The van der Waals surface area contributed by atoms with Crippen LogP contribution in [0, 0.1) is 0 Å². The van der Waals surface area contributed by atoms with Crippen LogP contribution in [0.4, 0.5) is 0 Å². The molecule has 0 bridgehead atoms. The smallest absolute Gasteiger partial charge is 0.255 e. The standard InChI is InChI=1S/C22H22Cl2N2O2/c23-16-3-1-2-15(11-16)22(13-25)7-4-17(5-8-22)28-20-10-14-6-9-26-21(27)18(14)12-19(20)24/h1-3,6,9-12,17H,4-5,7-8,13,25H2,(H,26,27). The second-order valence-corrected chi connectivity index (χ2v) is 8.33. The van der Waals surface area contributed by atoms with Crippen LogP contribution in [0.3, 0.4) is 0 Å². The van der Waals surface area contributed by atoms with Crippen LogP contribution in [0.15, 0.2) is 53.5 Å². The molecule has 4 rings (SSSR count). The highest BCUT2D eigenvalue weighted by molar-refractivity contribution is 6.32. The van der Waals surface area contributed by atoms with Crippen molar-refractivity contribution in [3.8, 4) is 5.75 Å².